The number of phenols is 2. The number of hydrogen-bond donors (Lipinski definition) is 2. The van der Waals surface area contributed by atoms with Gasteiger partial charge in [-0.1, -0.05) is 18.2 Å². The zero-order valence-corrected chi connectivity index (χ0v) is 15.1. The number of methoxy groups -OCH3 is 1. The Morgan fingerprint density at radius 2 is 1.76 bits per heavy atom. The highest BCUT2D eigenvalue weighted by molar-refractivity contribution is 5.99. The number of fused-ring (bicyclic) bond motifs is 6. The van der Waals surface area contributed by atoms with Gasteiger partial charge in [0.05, 0.1) is 12.7 Å². The van der Waals surface area contributed by atoms with Crippen molar-refractivity contribution < 1.29 is 34.0 Å². The Balaban J connectivity index is 1.92. The van der Waals surface area contributed by atoms with Crippen LogP contribution in [-0.2, 0) is 15.1 Å². The van der Waals surface area contributed by atoms with E-state index >= 15 is 0 Å². The molecule has 0 saturated heterocycles. The highest BCUT2D eigenvalue weighted by atomic mass is 16.6. The lowest BCUT2D eigenvalue weighted by Gasteiger charge is -2.37. The molecule has 0 fully saturated rings. The lowest BCUT2D eigenvalue weighted by molar-refractivity contribution is 0.0223. The van der Waals surface area contributed by atoms with Crippen molar-refractivity contribution in [1.29, 1.82) is 0 Å². The monoisotopic (exact) mass is 390 g/mol. The molecule has 7 nitrogen and oxygen atoms in total. The molecular weight excluding hydrogens is 376 g/mol. The van der Waals surface area contributed by atoms with Crippen molar-refractivity contribution in [1.82, 2.24) is 0 Å². The van der Waals surface area contributed by atoms with Gasteiger partial charge in [0.1, 0.15) is 22.8 Å². The first-order valence-electron chi connectivity index (χ1n) is 8.76. The summed E-state index contributed by atoms with van der Waals surface area (Å²) in [5.74, 6) is -1.56. The van der Waals surface area contributed by atoms with Gasteiger partial charge in [-0.3, -0.25) is 0 Å². The Labute approximate surface area is 164 Å². The van der Waals surface area contributed by atoms with Crippen LogP contribution in [0.2, 0.25) is 0 Å². The molecule has 1 unspecified atom stereocenters. The van der Waals surface area contributed by atoms with E-state index < -0.39 is 17.5 Å². The Hall–Kier alpha value is -4.00. The van der Waals surface area contributed by atoms with E-state index in [4.69, 9.17) is 14.2 Å². The van der Waals surface area contributed by atoms with Crippen LogP contribution in [0.4, 0.5) is 0 Å². The number of benzene rings is 3. The predicted molar refractivity (Wildman–Crippen MR) is 99.4 cm³/mol. The SMILES string of the molecule is COC(=O)c1c(O)ccc2c1Oc1cc(O)ccc1C21OC(=O)c2ccccc21. The molecule has 144 valence electrons. The molecule has 1 spiro atoms. The van der Waals surface area contributed by atoms with Gasteiger partial charge in [-0.05, 0) is 30.3 Å². The van der Waals surface area contributed by atoms with Crippen LogP contribution < -0.4 is 4.74 Å². The minimum absolute atomic E-state index is 0.000506. The van der Waals surface area contributed by atoms with Crippen LogP contribution in [0.5, 0.6) is 23.0 Å². The fourth-order valence-corrected chi connectivity index (χ4v) is 4.01. The second-order valence-electron chi connectivity index (χ2n) is 6.73. The summed E-state index contributed by atoms with van der Waals surface area (Å²) < 4.78 is 16.6. The van der Waals surface area contributed by atoms with Crippen molar-refractivity contribution >= 4 is 11.9 Å². The molecule has 0 aromatic heterocycles. The molecule has 0 amide bonds. The number of carbonyl (C=O) groups excluding carboxylic acids is 2. The van der Waals surface area contributed by atoms with Gasteiger partial charge in [0.25, 0.3) is 0 Å². The molecule has 5 rings (SSSR count). The third-order valence-electron chi connectivity index (χ3n) is 5.23. The highest BCUT2D eigenvalue weighted by Gasteiger charge is 2.54. The van der Waals surface area contributed by atoms with E-state index in [0.717, 1.165) is 0 Å². The van der Waals surface area contributed by atoms with Crippen molar-refractivity contribution in [3.63, 3.8) is 0 Å². The average Bonchev–Trinajstić information content (AvgIpc) is 3.01. The van der Waals surface area contributed by atoms with E-state index in [2.05, 4.69) is 0 Å². The molecule has 2 heterocycles. The summed E-state index contributed by atoms with van der Waals surface area (Å²) in [6.07, 6.45) is 0. The van der Waals surface area contributed by atoms with E-state index in [1.165, 1.54) is 25.3 Å². The highest BCUT2D eigenvalue weighted by Crippen LogP contribution is 2.58. The van der Waals surface area contributed by atoms with Gasteiger partial charge < -0.3 is 24.4 Å². The number of phenolic OH excluding ortho intramolecular Hbond substituents is 2. The molecule has 2 N–H and O–H groups in total. The first-order valence-corrected chi connectivity index (χ1v) is 8.76. The Morgan fingerprint density at radius 1 is 1.00 bits per heavy atom. The van der Waals surface area contributed by atoms with Crippen LogP contribution in [0.3, 0.4) is 0 Å². The molecule has 3 aromatic rings. The lowest BCUT2D eigenvalue weighted by Crippen LogP contribution is -2.33. The summed E-state index contributed by atoms with van der Waals surface area (Å²) in [5, 5.41) is 20.3. The van der Waals surface area contributed by atoms with Gasteiger partial charge in [-0.25, -0.2) is 9.59 Å². The van der Waals surface area contributed by atoms with Gasteiger partial charge in [0.15, 0.2) is 11.4 Å². The maximum atomic E-state index is 12.7. The quantitative estimate of drug-likeness (QED) is 0.614. The van der Waals surface area contributed by atoms with Gasteiger partial charge in [-0.15, -0.1) is 0 Å². The first kappa shape index (κ1) is 17.1. The van der Waals surface area contributed by atoms with Crippen LogP contribution in [0, 0.1) is 0 Å². The Kier molecular flexibility index (Phi) is 3.39. The fourth-order valence-electron chi connectivity index (χ4n) is 4.01. The van der Waals surface area contributed by atoms with E-state index in [0.29, 0.717) is 22.3 Å². The number of aromatic hydroxyl groups is 2. The van der Waals surface area contributed by atoms with Crippen molar-refractivity contribution in [3.05, 3.63) is 82.4 Å². The molecular formula is C22H14O7. The van der Waals surface area contributed by atoms with Gasteiger partial charge in [0.2, 0.25) is 0 Å². The van der Waals surface area contributed by atoms with Crippen molar-refractivity contribution in [2.45, 2.75) is 5.60 Å². The summed E-state index contributed by atoms with van der Waals surface area (Å²) in [7, 11) is 1.18. The predicted octanol–water partition coefficient (Wildman–Crippen LogP) is 3.45. The van der Waals surface area contributed by atoms with Gasteiger partial charge >= 0.3 is 11.9 Å². The van der Waals surface area contributed by atoms with Crippen LogP contribution in [0.1, 0.15) is 37.4 Å². The van der Waals surface area contributed by atoms with E-state index in [1.54, 1.807) is 36.4 Å². The number of rotatable bonds is 1. The maximum Gasteiger partial charge on any atom is 0.345 e. The maximum absolute atomic E-state index is 12.7. The van der Waals surface area contributed by atoms with Crippen LogP contribution >= 0.6 is 0 Å². The smallest absolute Gasteiger partial charge is 0.345 e. The molecule has 0 saturated carbocycles. The zero-order valence-electron chi connectivity index (χ0n) is 15.1. The molecule has 29 heavy (non-hydrogen) atoms. The number of hydrogen-bond acceptors (Lipinski definition) is 7. The molecule has 7 heteroatoms. The zero-order chi connectivity index (χ0) is 20.3. The summed E-state index contributed by atoms with van der Waals surface area (Å²) in [6, 6.07) is 14.2. The third-order valence-corrected chi connectivity index (χ3v) is 5.23. The number of esters is 2. The van der Waals surface area contributed by atoms with E-state index in [-0.39, 0.29) is 28.6 Å². The summed E-state index contributed by atoms with van der Waals surface area (Å²) in [5.41, 5.74) is 0.212. The topological polar surface area (TPSA) is 102 Å². The molecule has 2 aliphatic rings. The summed E-state index contributed by atoms with van der Waals surface area (Å²) >= 11 is 0. The number of carbonyl (C=O) groups is 2. The Morgan fingerprint density at radius 3 is 2.55 bits per heavy atom. The molecule has 2 aliphatic heterocycles. The normalized spacial score (nSPS) is 18.3. The van der Waals surface area contributed by atoms with Crippen LogP contribution in [0.25, 0.3) is 0 Å². The lowest BCUT2D eigenvalue weighted by atomic mass is 9.77. The van der Waals surface area contributed by atoms with Crippen molar-refractivity contribution in [2.75, 3.05) is 7.11 Å². The van der Waals surface area contributed by atoms with Crippen molar-refractivity contribution in [2.24, 2.45) is 0 Å². The standard InChI is InChI=1S/C22H14O7/c1-27-21(26)18-16(24)9-8-15-19(18)28-17-10-11(23)6-7-14(17)22(15)13-5-3-2-4-12(13)20(25)29-22/h2-10,23-24H,1H3. The van der Waals surface area contributed by atoms with Crippen LogP contribution in [0.15, 0.2) is 54.6 Å². The second kappa shape index (κ2) is 5.75. The molecule has 0 aliphatic carbocycles. The largest absolute Gasteiger partial charge is 0.508 e. The van der Waals surface area contributed by atoms with Crippen LogP contribution in [-0.4, -0.2) is 29.3 Å². The average molecular weight is 390 g/mol. The van der Waals surface area contributed by atoms with Gasteiger partial charge in [0, 0.05) is 22.8 Å². The molecule has 3 aromatic carbocycles. The fraction of sp³-hybridized carbons (Fsp3) is 0.0909. The number of ether oxygens (including phenoxy) is 3. The third kappa shape index (κ3) is 2.12. The van der Waals surface area contributed by atoms with Gasteiger partial charge in [-0.2, -0.15) is 0 Å². The van der Waals surface area contributed by atoms with E-state index in [1.807, 2.05) is 0 Å². The Bertz CT molecular complexity index is 1210. The minimum atomic E-state index is -1.40. The minimum Gasteiger partial charge on any atom is -0.508 e. The summed E-state index contributed by atoms with van der Waals surface area (Å²) in [6.45, 7) is 0. The molecule has 0 radical (unpaired) electrons. The van der Waals surface area contributed by atoms with E-state index in [9.17, 15) is 19.8 Å². The molecule has 1 atom stereocenters. The second-order valence-corrected chi connectivity index (χ2v) is 6.73. The summed E-state index contributed by atoms with van der Waals surface area (Å²) in [4.78, 5) is 25.1. The molecule has 0 bridgehead atoms. The van der Waals surface area contributed by atoms with Crippen molar-refractivity contribution in [3.8, 4) is 23.0 Å². The first-order chi connectivity index (χ1) is 14.0.